The Morgan fingerprint density at radius 3 is 2.49 bits per heavy atom. The van der Waals surface area contributed by atoms with Gasteiger partial charge in [-0.3, -0.25) is 9.78 Å². The quantitative estimate of drug-likeness (QED) is 0.210. The smallest absolute Gasteiger partial charge is 0.335 e. The van der Waals surface area contributed by atoms with Crippen molar-refractivity contribution in [1.82, 2.24) is 9.97 Å². The highest BCUT2D eigenvalue weighted by Gasteiger charge is 2.50. The van der Waals surface area contributed by atoms with E-state index < -0.39 is 48.2 Å². The Morgan fingerprint density at radius 1 is 1.05 bits per heavy atom. The van der Waals surface area contributed by atoms with E-state index in [2.05, 4.69) is 26.7 Å². The van der Waals surface area contributed by atoms with Crippen LogP contribution in [0.4, 0.5) is 11.5 Å². The summed E-state index contributed by atoms with van der Waals surface area (Å²) in [5.74, 6) is -1.43. The van der Waals surface area contributed by atoms with Crippen molar-refractivity contribution in [3.8, 4) is 6.07 Å². The molecular weight excluding hydrogens is 558 g/mol. The fourth-order valence-electron chi connectivity index (χ4n) is 5.39. The lowest BCUT2D eigenvalue weighted by Gasteiger charge is -2.39. The number of ether oxygens (including phenoxy) is 2. The number of nitriles is 1. The van der Waals surface area contributed by atoms with Gasteiger partial charge in [-0.05, 0) is 66.8 Å². The van der Waals surface area contributed by atoms with Crippen LogP contribution in [0.1, 0.15) is 40.7 Å². The van der Waals surface area contributed by atoms with E-state index >= 15 is 0 Å². The summed E-state index contributed by atoms with van der Waals surface area (Å²) in [5.41, 5.74) is 1.62. The Kier molecular flexibility index (Phi) is 8.95. The third-order valence-electron chi connectivity index (χ3n) is 7.78. The Labute approximate surface area is 246 Å². The molecule has 2 fully saturated rings. The third-order valence-corrected chi connectivity index (χ3v) is 7.78. The van der Waals surface area contributed by atoms with Crippen LogP contribution in [-0.2, 0) is 26.2 Å². The predicted molar refractivity (Wildman–Crippen MR) is 151 cm³/mol. The number of anilines is 2. The van der Waals surface area contributed by atoms with Crippen molar-refractivity contribution >= 4 is 23.4 Å². The van der Waals surface area contributed by atoms with E-state index in [1.807, 2.05) is 12.1 Å². The Morgan fingerprint density at radius 2 is 1.79 bits per heavy atom. The fourth-order valence-corrected chi connectivity index (χ4v) is 5.39. The number of nitrogens with zero attached hydrogens (tertiary/aromatic N) is 3. The molecule has 3 heterocycles. The second kappa shape index (κ2) is 12.8. The van der Waals surface area contributed by atoms with Gasteiger partial charge in [0.2, 0.25) is 0 Å². The molecule has 13 heteroatoms. The number of pyridine rings is 2. The van der Waals surface area contributed by atoms with E-state index in [1.54, 1.807) is 55.0 Å². The molecule has 1 saturated carbocycles. The second-order valence-corrected chi connectivity index (χ2v) is 10.6. The van der Waals surface area contributed by atoms with Gasteiger partial charge in [-0.2, -0.15) is 5.26 Å². The van der Waals surface area contributed by atoms with E-state index in [0.29, 0.717) is 42.0 Å². The first kappa shape index (κ1) is 30.0. The molecule has 2 aliphatic rings. The molecule has 224 valence electrons. The molecule has 1 aliphatic heterocycles. The molecule has 3 aromatic rings. The number of aliphatic carboxylic acids is 1. The van der Waals surface area contributed by atoms with Crippen LogP contribution in [0.15, 0.2) is 67.1 Å². The van der Waals surface area contributed by atoms with Crippen molar-refractivity contribution in [1.29, 1.82) is 5.26 Å². The minimum Gasteiger partial charge on any atom is -0.479 e. The minimum absolute atomic E-state index is 0.223. The van der Waals surface area contributed by atoms with E-state index in [9.17, 15) is 35.3 Å². The zero-order valence-electron chi connectivity index (χ0n) is 22.9. The van der Waals surface area contributed by atoms with E-state index in [-0.39, 0.29) is 12.3 Å². The van der Waals surface area contributed by atoms with Gasteiger partial charge in [0.1, 0.15) is 24.1 Å². The molecule has 0 bridgehead atoms. The summed E-state index contributed by atoms with van der Waals surface area (Å²) in [7, 11) is 0. The molecule has 1 aliphatic carbocycles. The average molecular weight is 590 g/mol. The van der Waals surface area contributed by atoms with Gasteiger partial charge in [-0.1, -0.05) is 12.1 Å². The third kappa shape index (κ3) is 6.48. The highest BCUT2D eigenvalue weighted by molar-refractivity contribution is 6.07. The topological polar surface area (TPSA) is 207 Å². The van der Waals surface area contributed by atoms with Crippen LogP contribution in [0.2, 0.25) is 0 Å². The number of benzene rings is 1. The molecule has 13 nitrogen and oxygen atoms in total. The number of carbonyl (C=O) groups excluding carboxylic acids is 1. The first-order chi connectivity index (χ1) is 20.7. The van der Waals surface area contributed by atoms with Crippen molar-refractivity contribution in [2.24, 2.45) is 0 Å². The maximum absolute atomic E-state index is 13.1. The summed E-state index contributed by atoms with van der Waals surface area (Å²) >= 11 is 0. The lowest BCUT2D eigenvalue weighted by molar-refractivity contribution is -0.303. The normalized spacial score (nSPS) is 28.5. The standard InChI is InChI=1S/C30H31N5O8/c31-16-30(10-7-20(14-30)42-29-24(38)22(36)23(37)25(43-29)28(40)41)18-3-5-19(6-4-18)35-27(39)21-2-1-11-33-26(21)34-15-17-8-12-32-13-9-17/h1-6,8-9,11-13,20,22-25,29,36-38H,7,10,14-15H2,(H,33,34)(H,35,39)(H,40,41)/t20-,22+,23+,24-,25+,29-,30?/m1/s1. The number of hydrogen-bond donors (Lipinski definition) is 6. The SMILES string of the molecule is N#CC1(c2ccc(NC(=O)c3cccnc3NCc3ccncc3)cc2)CC[C@@H](O[C@@H]2O[C@H](C(=O)O)[C@@H](O)[C@H](O)[C@H]2O)C1. The zero-order valence-corrected chi connectivity index (χ0v) is 22.9. The van der Waals surface area contributed by atoms with E-state index in [1.165, 1.54) is 0 Å². The number of carbonyl (C=O) groups is 2. The Bertz CT molecular complexity index is 1480. The second-order valence-electron chi connectivity index (χ2n) is 10.6. The summed E-state index contributed by atoms with van der Waals surface area (Å²) in [5, 5.41) is 55.7. The molecular formula is C30H31N5O8. The molecule has 2 aromatic heterocycles. The number of aliphatic hydroxyl groups is 3. The van der Waals surface area contributed by atoms with Crippen LogP contribution in [0.25, 0.3) is 0 Å². The molecule has 0 spiro atoms. The maximum atomic E-state index is 13.1. The largest absolute Gasteiger partial charge is 0.479 e. The summed E-state index contributed by atoms with van der Waals surface area (Å²) in [6, 6.07) is 16.3. The van der Waals surface area contributed by atoms with E-state index in [0.717, 1.165) is 5.56 Å². The van der Waals surface area contributed by atoms with Gasteiger partial charge in [0.25, 0.3) is 5.91 Å². The summed E-state index contributed by atoms with van der Waals surface area (Å²) in [4.78, 5) is 32.8. The molecule has 0 radical (unpaired) electrons. The monoisotopic (exact) mass is 589 g/mol. The number of aliphatic hydroxyl groups excluding tert-OH is 3. The summed E-state index contributed by atoms with van der Waals surface area (Å²) in [6.07, 6.45) is -3.10. The zero-order chi connectivity index (χ0) is 30.6. The van der Waals surface area contributed by atoms with Crippen molar-refractivity contribution in [2.45, 2.75) is 68.0 Å². The van der Waals surface area contributed by atoms with E-state index in [4.69, 9.17) is 9.47 Å². The van der Waals surface area contributed by atoms with Crippen molar-refractivity contribution in [3.05, 3.63) is 83.8 Å². The van der Waals surface area contributed by atoms with Crippen LogP contribution >= 0.6 is 0 Å². The first-order valence-electron chi connectivity index (χ1n) is 13.7. The molecule has 7 atom stereocenters. The number of carboxylic acids is 1. The van der Waals surface area contributed by atoms with Crippen molar-refractivity contribution in [3.63, 3.8) is 0 Å². The van der Waals surface area contributed by atoms with Gasteiger partial charge < -0.3 is 40.5 Å². The van der Waals surface area contributed by atoms with Crippen LogP contribution in [0.5, 0.6) is 0 Å². The molecule has 43 heavy (non-hydrogen) atoms. The molecule has 1 saturated heterocycles. The molecule has 1 aromatic carbocycles. The van der Waals surface area contributed by atoms with Gasteiger partial charge >= 0.3 is 5.97 Å². The van der Waals surface area contributed by atoms with Gasteiger partial charge in [0.05, 0.1) is 23.2 Å². The Hall–Kier alpha value is -4.45. The first-order valence-corrected chi connectivity index (χ1v) is 13.7. The van der Waals surface area contributed by atoms with Crippen LogP contribution in [0.3, 0.4) is 0 Å². The van der Waals surface area contributed by atoms with Gasteiger partial charge in [-0.15, -0.1) is 0 Å². The highest BCUT2D eigenvalue weighted by Crippen LogP contribution is 2.43. The molecule has 1 amide bonds. The summed E-state index contributed by atoms with van der Waals surface area (Å²) in [6.45, 7) is 0.462. The Balaban J connectivity index is 1.22. The van der Waals surface area contributed by atoms with Gasteiger partial charge in [0.15, 0.2) is 12.4 Å². The number of amides is 1. The minimum atomic E-state index is -1.82. The maximum Gasteiger partial charge on any atom is 0.335 e. The number of aromatic nitrogens is 2. The van der Waals surface area contributed by atoms with Crippen LogP contribution < -0.4 is 10.6 Å². The van der Waals surface area contributed by atoms with Crippen molar-refractivity contribution < 1.29 is 39.5 Å². The molecule has 6 N–H and O–H groups in total. The predicted octanol–water partition coefficient (Wildman–Crippen LogP) is 1.56. The number of rotatable bonds is 9. The highest BCUT2D eigenvalue weighted by atomic mass is 16.7. The lowest BCUT2D eigenvalue weighted by atomic mass is 9.80. The van der Waals surface area contributed by atoms with Crippen LogP contribution in [0, 0.1) is 11.3 Å². The fraction of sp³-hybridized carbons (Fsp3) is 0.367. The van der Waals surface area contributed by atoms with Gasteiger partial charge in [0, 0.05) is 30.8 Å². The number of carboxylic acid groups (broad SMARTS) is 1. The van der Waals surface area contributed by atoms with Crippen molar-refractivity contribution in [2.75, 3.05) is 10.6 Å². The molecule has 5 rings (SSSR count). The number of nitrogens with one attached hydrogen (secondary N) is 2. The molecule has 1 unspecified atom stereocenters. The summed E-state index contributed by atoms with van der Waals surface area (Å²) < 4.78 is 11.0. The lowest BCUT2D eigenvalue weighted by Crippen LogP contribution is -2.60. The van der Waals surface area contributed by atoms with Crippen LogP contribution in [-0.4, -0.2) is 79.1 Å². The number of hydrogen-bond acceptors (Lipinski definition) is 11. The average Bonchev–Trinajstić information content (AvgIpc) is 3.45. The van der Waals surface area contributed by atoms with Gasteiger partial charge in [-0.25, -0.2) is 9.78 Å².